The zero-order valence-electron chi connectivity index (χ0n) is 11.6. The monoisotopic (exact) mass is 280 g/mol. The summed E-state index contributed by atoms with van der Waals surface area (Å²) in [5.41, 5.74) is 6.31. The molecule has 0 saturated carbocycles. The second kappa shape index (κ2) is 6.33. The number of likely N-dealkylation sites (tertiary alicyclic amines) is 1. The highest BCUT2D eigenvalue weighted by atomic mass is 19.1. The van der Waals surface area contributed by atoms with E-state index in [1.54, 1.807) is 24.0 Å². The molecule has 1 aromatic carbocycles. The molecule has 1 heterocycles. The minimum Gasteiger partial charge on any atom is -0.388 e. The van der Waals surface area contributed by atoms with Crippen molar-refractivity contribution in [2.45, 2.75) is 44.4 Å². The van der Waals surface area contributed by atoms with Gasteiger partial charge in [0.1, 0.15) is 5.82 Å². The van der Waals surface area contributed by atoms with Gasteiger partial charge in [-0.3, -0.25) is 4.79 Å². The normalized spacial score (nSPS) is 21.8. The van der Waals surface area contributed by atoms with Gasteiger partial charge in [0.2, 0.25) is 5.91 Å². The number of rotatable bonds is 4. The van der Waals surface area contributed by atoms with Crippen molar-refractivity contribution in [3.05, 3.63) is 35.6 Å². The zero-order chi connectivity index (χ0) is 14.7. The van der Waals surface area contributed by atoms with Crippen molar-refractivity contribution in [1.29, 1.82) is 0 Å². The topological polar surface area (TPSA) is 66.6 Å². The van der Waals surface area contributed by atoms with Crippen molar-refractivity contribution in [3.63, 3.8) is 0 Å². The molecule has 1 fully saturated rings. The summed E-state index contributed by atoms with van der Waals surface area (Å²) >= 11 is 0. The molecule has 3 N–H and O–H groups in total. The lowest BCUT2D eigenvalue weighted by molar-refractivity contribution is -0.133. The molecule has 1 aliphatic heterocycles. The van der Waals surface area contributed by atoms with Crippen LogP contribution in [-0.4, -0.2) is 34.5 Å². The molecule has 1 amide bonds. The first-order valence-electron chi connectivity index (χ1n) is 6.98. The molecular formula is C15H21FN2O2. The zero-order valence-corrected chi connectivity index (χ0v) is 11.6. The number of nitrogens with two attached hydrogens (primary N) is 1. The van der Waals surface area contributed by atoms with E-state index in [-0.39, 0.29) is 17.8 Å². The van der Waals surface area contributed by atoms with E-state index in [9.17, 15) is 14.3 Å². The van der Waals surface area contributed by atoms with Gasteiger partial charge in [-0.15, -0.1) is 0 Å². The molecule has 1 aliphatic rings. The number of carbonyl (C=O) groups excluding carboxylic acids is 1. The lowest BCUT2D eigenvalue weighted by atomic mass is 10.00. The maximum Gasteiger partial charge on any atom is 0.239 e. The Labute approximate surface area is 118 Å². The molecule has 110 valence electrons. The van der Waals surface area contributed by atoms with Crippen LogP contribution in [0.2, 0.25) is 0 Å². The van der Waals surface area contributed by atoms with Crippen LogP contribution in [0.3, 0.4) is 0 Å². The summed E-state index contributed by atoms with van der Waals surface area (Å²) in [6.45, 7) is 2.37. The lowest BCUT2D eigenvalue weighted by Gasteiger charge is -2.28. The number of hydrogen-bond donors (Lipinski definition) is 2. The molecule has 3 atom stereocenters. The molecule has 0 aromatic heterocycles. The minimum absolute atomic E-state index is 0.00792. The number of benzene rings is 1. The Hall–Kier alpha value is -1.46. The van der Waals surface area contributed by atoms with Crippen molar-refractivity contribution < 1.29 is 14.3 Å². The third-order valence-corrected chi connectivity index (χ3v) is 3.80. The Morgan fingerprint density at radius 1 is 1.50 bits per heavy atom. The van der Waals surface area contributed by atoms with E-state index in [4.69, 9.17) is 5.73 Å². The van der Waals surface area contributed by atoms with Crippen LogP contribution in [0.4, 0.5) is 4.39 Å². The maximum atomic E-state index is 12.9. The average Bonchev–Trinajstić information content (AvgIpc) is 2.86. The number of carbonyl (C=O) groups is 1. The highest BCUT2D eigenvalue weighted by Crippen LogP contribution is 2.27. The van der Waals surface area contributed by atoms with Gasteiger partial charge in [0, 0.05) is 12.6 Å². The number of hydrogen-bond acceptors (Lipinski definition) is 3. The third-order valence-electron chi connectivity index (χ3n) is 3.80. The van der Waals surface area contributed by atoms with Gasteiger partial charge in [-0.1, -0.05) is 12.1 Å². The summed E-state index contributed by atoms with van der Waals surface area (Å²) in [5.74, 6) is -0.394. The van der Waals surface area contributed by atoms with Gasteiger partial charge in [-0.05, 0) is 43.9 Å². The Balaban J connectivity index is 2.01. The molecule has 20 heavy (non-hydrogen) atoms. The minimum atomic E-state index is -0.693. The SMILES string of the molecule is CC(N)C(=O)N1CCCC1CC(O)c1ccc(F)cc1. The van der Waals surface area contributed by atoms with Gasteiger partial charge >= 0.3 is 0 Å². The van der Waals surface area contributed by atoms with Crippen LogP contribution >= 0.6 is 0 Å². The van der Waals surface area contributed by atoms with Crippen molar-refractivity contribution in [1.82, 2.24) is 4.90 Å². The predicted molar refractivity (Wildman–Crippen MR) is 74.4 cm³/mol. The van der Waals surface area contributed by atoms with Gasteiger partial charge in [-0.2, -0.15) is 0 Å². The summed E-state index contributed by atoms with van der Waals surface area (Å²) in [7, 11) is 0. The first kappa shape index (κ1) is 14.9. The van der Waals surface area contributed by atoms with Gasteiger partial charge < -0.3 is 15.7 Å². The fourth-order valence-corrected chi connectivity index (χ4v) is 2.71. The summed E-state index contributed by atoms with van der Waals surface area (Å²) in [6, 6.07) is 5.31. The Morgan fingerprint density at radius 3 is 2.75 bits per heavy atom. The van der Waals surface area contributed by atoms with Crippen molar-refractivity contribution in [2.24, 2.45) is 5.73 Å². The van der Waals surface area contributed by atoms with Gasteiger partial charge in [0.25, 0.3) is 0 Å². The third kappa shape index (κ3) is 3.35. The number of nitrogens with zero attached hydrogens (tertiary/aromatic N) is 1. The lowest BCUT2D eigenvalue weighted by Crippen LogP contribution is -2.44. The van der Waals surface area contributed by atoms with Crippen LogP contribution in [0.15, 0.2) is 24.3 Å². The van der Waals surface area contributed by atoms with E-state index < -0.39 is 12.1 Å². The molecule has 1 saturated heterocycles. The number of aliphatic hydroxyl groups is 1. The van der Waals surface area contributed by atoms with E-state index in [0.717, 1.165) is 12.8 Å². The summed E-state index contributed by atoms with van der Waals surface area (Å²) in [6.07, 6.45) is 1.57. The molecule has 0 radical (unpaired) electrons. The van der Waals surface area contributed by atoms with Gasteiger partial charge in [-0.25, -0.2) is 4.39 Å². The van der Waals surface area contributed by atoms with Gasteiger partial charge in [0.15, 0.2) is 0 Å². The Morgan fingerprint density at radius 2 is 2.15 bits per heavy atom. The quantitative estimate of drug-likeness (QED) is 0.880. The molecule has 3 unspecified atom stereocenters. The van der Waals surface area contributed by atoms with Crippen molar-refractivity contribution in [2.75, 3.05) is 6.54 Å². The molecule has 2 rings (SSSR count). The molecule has 4 nitrogen and oxygen atoms in total. The fraction of sp³-hybridized carbons (Fsp3) is 0.533. The van der Waals surface area contributed by atoms with Crippen LogP contribution in [0.5, 0.6) is 0 Å². The van der Waals surface area contributed by atoms with Crippen LogP contribution in [-0.2, 0) is 4.79 Å². The molecule has 0 bridgehead atoms. The molecule has 5 heteroatoms. The Bertz CT molecular complexity index is 461. The first-order valence-corrected chi connectivity index (χ1v) is 6.98. The van der Waals surface area contributed by atoms with Crippen LogP contribution in [0.1, 0.15) is 37.9 Å². The highest BCUT2D eigenvalue weighted by Gasteiger charge is 2.31. The van der Waals surface area contributed by atoms with E-state index in [0.29, 0.717) is 18.5 Å². The number of aliphatic hydroxyl groups excluding tert-OH is 1. The molecular weight excluding hydrogens is 259 g/mol. The maximum absolute atomic E-state index is 12.9. The van der Waals surface area contributed by atoms with Crippen LogP contribution in [0.25, 0.3) is 0 Å². The molecule has 0 spiro atoms. The van der Waals surface area contributed by atoms with Crippen molar-refractivity contribution in [3.8, 4) is 0 Å². The smallest absolute Gasteiger partial charge is 0.239 e. The molecule has 1 aromatic rings. The van der Waals surface area contributed by atoms with E-state index >= 15 is 0 Å². The average molecular weight is 280 g/mol. The second-order valence-corrected chi connectivity index (χ2v) is 5.42. The largest absolute Gasteiger partial charge is 0.388 e. The van der Waals surface area contributed by atoms with Crippen LogP contribution in [0, 0.1) is 5.82 Å². The second-order valence-electron chi connectivity index (χ2n) is 5.42. The summed E-state index contributed by atoms with van der Waals surface area (Å²) in [5, 5.41) is 10.2. The van der Waals surface area contributed by atoms with Crippen molar-refractivity contribution >= 4 is 5.91 Å². The first-order chi connectivity index (χ1) is 9.49. The molecule has 0 aliphatic carbocycles. The number of amides is 1. The van der Waals surface area contributed by atoms with E-state index in [1.165, 1.54) is 12.1 Å². The Kier molecular flexibility index (Phi) is 4.73. The predicted octanol–water partition coefficient (Wildman–Crippen LogP) is 1.59. The van der Waals surface area contributed by atoms with Crippen LogP contribution < -0.4 is 5.73 Å². The van der Waals surface area contributed by atoms with Gasteiger partial charge in [0.05, 0.1) is 12.1 Å². The summed E-state index contributed by atoms with van der Waals surface area (Å²) in [4.78, 5) is 13.7. The summed E-state index contributed by atoms with van der Waals surface area (Å²) < 4.78 is 12.9. The number of halogens is 1. The van der Waals surface area contributed by atoms with E-state index in [1.807, 2.05) is 0 Å². The van der Waals surface area contributed by atoms with E-state index in [2.05, 4.69) is 0 Å². The fourth-order valence-electron chi connectivity index (χ4n) is 2.71. The standard InChI is InChI=1S/C15H21FN2O2/c1-10(17)15(20)18-8-2-3-13(18)9-14(19)11-4-6-12(16)7-5-11/h4-7,10,13-14,19H,2-3,8-9,17H2,1H3. The highest BCUT2D eigenvalue weighted by molar-refractivity contribution is 5.81.